The van der Waals surface area contributed by atoms with E-state index in [0.29, 0.717) is 11.7 Å². The highest BCUT2D eigenvalue weighted by molar-refractivity contribution is 7.99. The first kappa shape index (κ1) is 20.8. The number of amides is 1. The molecule has 1 aromatic heterocycles. The van der Waals surface area contributed by atoms with Crippen LogP contribution in [0.2, 0.25) is 0 Å². The van der Waals surface area contributed by atoms with Crippen molar-refractivity contribution in [1.82, 2.24) is 20.1 Å². The number of hydrogen-bond donors (Lipinski definition) is 1. The lowest BCUT2D eigenvalue weighted by molar-refractivity contribution is -0.120. The Hall–Kier alpha value is -2.53. The quantitative estimate of drug-likeness (QED) is 0.700. The van der Waals surface area contributed by atoms with Crippen molar-refractivity contribution < 1.29 is 9.53 Å². The average Bonchev–Trinajstić information content (AvgIpc) is 3.09. The molecule has 0 unspecified atom stereocenters. The zero-order chi connectivity index (χ0) is 20.0. The molecule has 2 aromatic rings. The molecular formula is C19H25N5O2S. The lowest BCUT2D eigenvalue weighted by Crippen LogP contribution is -2.49. The van der Waals surface area contributed by atoms with Crippen LogP contribution < -0.4 is 10.1 Å². The Morgan fingerprint density at radius 2 is 2.04 bits per heavy atom. The fourth-order valence-electron chi connectivity index (χ4n) is 2.39. The summed E-state index contributed by atoms with van der Waals surface area (Å²) in [4.78, 5) is 12.3. The van der Waals surface area contributed by atoms with Gasteiger partial charge in [0.25, 0.3) is 0 Å². The van der Waals surface area contributed by atoms with E-state index in [-0.39, 0.29) is 17.6 Å². The number of aromatic nitrogens is 3. The topological polar surface area (TPSA) is 92.8 Å². The minimum absolute atomic E-state index is 0.0115. The van der Waals surface area contributed by atoms with E-state index < -0.39 is 5.54 Å². The van der Waals surface area contributed by atoms with Gasteiger partial charge < -0.3 is 14.6 Å². The van der Waals surface area contributed by atoms with Crippen molar-refractivity contribution in [3.05, 3.63) is 24.3 Å². The second-order valence-corrected chi connectivity index (χ2v) is 7.53. The Kier molecular flexibility index (Phi) is 6.86. The zero-order valence-corrected chi connectivity index (χ0v) is 17.1. The molecule has 8 heteroatoms. The smallest absolute Gasteiger partial charge is 0.231 e. The Bertz CT molecular complexity index is 826. The minimum Gasteiger partial charge on any atom is -0.497 e. The van der Waals surface area contributed by atoms with Crippen LogP contribution in [0.25, 0.3) is 11.4 Å². The van der Waals surface area contributed by atoms with E-state index >= 15 is 0 Å². The van der Waals surface area contributed by atoms with E-state index in [1.165, 1.54) is 11.8 Å². The number of methoxy groups -OCH3 is 1. The second kappa shape index (κ2) is 8.91. The number of hydrogen-bond acceptors (Lipinski definition) is 6. The molecule has 0 saturated carbocycles. The van der Waals surface area contributed by atoms with E-state index in [2.05, 4.69) is 21.6 Å². The highest BCUT2D eigenvalue weighted by Gasteiger charge is 2.30. The number of carbonyl (C=O) groups is 1. The first-order valence-electron chi connectivity index (χ1n) is 8.77. The van der Waals surface area contributed by atoms with Gasteiger partial charge in [0.05, 0.1) is 18.9 Å². The molecule has 0 aliphatic rings. The molecule has 27 heavy (non-hydrogen) atoms. The highest BCUT2D eigenvalue weighted by atomic mass is 32.2. The molecule has 144 valence electrons. The van der Waals surface area contributed by atoms with Crippen LogP contribution in [0, 0.1) is 17.2 Å². The van der Waals surface area contributed by atoms with Crippen molar-refractivity contribution in [3.8, 4) is 23.2 Å². The Labute approximate surface area is 164 Å². The van der Waals surface area contributed by atoms with Gasteiger partial charge in [-0.15, -0.1) is 10.2 Å². The van der Waals surface area contributed by atoms with Crippen LogP contribution in [0.3, 0.4) is 0 Å². The third-order valence-corrected chi connectivity index (χ3v) is 5.47. The van der Waals surface area contributed by atoms with Gasteiger partial charge in [0, 0.05) is 12.1 Å². The van der Waals surface area contributed by atoms with Gasteiger partial charge in [0.2, 0.25) is 5.91 Å². The largest absolute Gasteiger partial charge is 0.497 e. The van der Waals surface area contributed by atoms with Gasteiger partial charge in [-0.2, -0.15) is 5.26 Å². The number of thioether (sulfide) groups is 1. The molecule has 0 aliphatic carbocycles. The summed E-state index contributed by atoms with van der Waals surface area (Å²) in [5.41, 5.74) is 0.0444. The number of nitrogens with zero attached hydrogens (tertiary/aromatic N) is 4. The van der Waals surface area contributed by atoms with Crippen LogP contribution in [0.15, 0.2) is 29.4 Å². The first-order chi connectivity index (χ1) is 12.8. The number of benzene rings is 1. The Morgan fingerprint density at radius 1 is 1.37 bits per heavy atom. The molecule has 1 atom stereocenters. The van der Waals surface area contributed by atoms with Gasteiger partial charge in [-0.3, -0.25) is 4.79 Å². The normalized spacial score (nSPS) is 13.1. The Balaban J connectivity index is 2.10. The summed E-state index contributed by atoms with van der Waals surface area (Å²) < 4.78 is 7.15. The monoisotopic (exact) mass is 387 g/mol. The molecule has 0 aliphatic heterocycles. The van der Waals surface area contributed by atoms with E-state index in [0.717, 1.165) is 17.1 Å². The fraction of sp³-hybridized carbons (Fsp3) is 0.474. The van der Waals surface area contributed by atoms with E-state index in [9.17, 15) is 10.1 Å². The Morgan fingerprint density at radius 3 is 2.56 bits per heavy atom. The third-order valence-electron chi connectivity index (χ3n) is 4.50. The van der Waals surface area contributed by atoms with Crippen LogP contribution in [0.1, 0.15) is 27.7 Å². The zero-order valence-electron chi connectivity index (χ0n) is 16.3. The van der Waals surface area contributed by atoms with Gasteiger partial charge in [-0.05, 0) is 44.0 Å². The fourth-order valence-corrected chi connectivity index (χ4v) is 3.19. The molecule has 7 nitrogen and oxygen atoms in total. The lowest BCUT2D eigenvalue weighted by atomic mass is 9.90. The summed E-state index contributed by atoms with van der Waals surface area (Å²) >= 11 is 1.31. The summed E-state index contributed by atoms with van der Waals surface area (Å²) in [6.07, 6.45) is 0. The number of ether oxygens (including phenoxy) is 1. The van der Waals surface area contributed by atoms with Crippen LogP contribution in [0.5, 0.6) is 5.75 Å². The van der Waals surface area contributed by atoms with Crippen LogP contribution in [-0.4, -0.2) is 39.1 Å². The molecule has 0 bridgehead atoms. The highest BCUT2D eigenvalue weighted by Crippen LogP contribution is 2.25. The predicted octanol–water partition coefficient (Wildman–Crippen LogP) is 3.12. The predicted molar refractivity (Wildman–Crippen MR) is 105 cm³/mol. The standard InChI is InChI=1S/C19H25N5O2S/c1-6-24-17(14-7-9-15(26-5)10-8-14)22-23-18(24)27-11-16(25)21-19(4,12-20)13(2)3/h7-10,13H,6,11H2,1-5H3,(H,21,25)/t19-/m1/s1. The van der Waals surface area contributed by atoms with Gasteiger partial charge >= 0.3 is 0 Å². The molecule has 0 spiro atoms. The van der Waals surface area contributed by atoms with Crippen molar-refractivity contribution in [2.45, 2.75) is 44.9 Å². The molecular weight excluding hydrogens is 362 g/mol. The maximum atomic E-state index is 12.3. The van der Waals surface area contributed by atoms with Gasteiger partial charge in [-0.1, -0.05) is 25.6 Å². The maximum Gasteiger partial charge on any atom is 0.231 e. The molecule has 0 radical (unpaired) electrons. The van der Waals surface area contributed by atoms with E-state index in [4.69, 9.17) is 4.74 Å². The van der Waals surface area contributed by atoms with Crippen molar-refractivity contribution in [3.63, 3.8) is 0 Å². The number of carbonyl (C=O) groups excluding carboxylic acids is 1. The summed E-state index contributed by atoms with van der Waals surface area (Å²) in [6, 6.07) is 9.78. The molecule has 1 heterocycles. The number of nitrogens with one attached hydrogen (secondary N) is 1. The SMILES string of the molecule is CCn1c(SCC(=O)N[C@](C)(C#N)C(C)C)nnc1-c1ccc(OC)cc1. The third kappa shape index (κ3) is 4.80. The minimum atomic E-state index is -0.885. The summed E-state index contributed by atoms with van der Waals surface area (Å²) in [7, 11) is 1.62. The summed E-state index contributed by atoms with van der Waals surface area (Å²) in [5.74, 6) is 1.50. The van der Waals surface area contributed by atoms with Gasteiger partial charge in [0.1, 0.15) is 11.3 Å². The summed E-state index contributed by atoms with van der Waals surface area (Å²) in [6.45, 7) is 8.24. The molecule has 1 aromatic carbocycles. The first-order valence-corrected chi connectivity index (χ1v) is 9.75. The van der Waals surface area contributed by atoms with Gasteiger partial charge in [0.15, 0.2) is 11.0 Å². The van der Waals surface area contributed by atoms with Crippen molar-refractivity contribution >= 4 is 17.7 Å². The maximum absolute atomic E-state index is 12.3. The van der Waals surface area contributed by atoms with E-state index in [1.54, 1.807) is 14.0 Å². The molecule has 2 rings (SSSR count). The van der Waals surface area contributed by atoms with E-state index in [1.807, 2.05) is 49.6 Å². The van der Waals surface area contributed by atoms with Crippen molar-refractivity contribution in [1.29, 1.82) is 5.26 Å². The van der Waals surface area contributed by atoms with Gasteiger partial charge in [-0.25, -0.2) is 0 Å². The summed E-state index contributed by atoms with van der Waals surface area (Å²) in [5, 5.41) is 21.3. The van der Waals surface area contributed by atoms with Crippen LogP contribution in [0.4, 0.5) is 0 Å². The molecule has 0 saturated heterocycles. The molecule has 1 amide bonds. The van der Waals surface area contributed by atoms with Crippen LogP contribution in [-0.2, 0) is 11.3 Å². The number of nitriles is 1. The second-order valence-electron chi connectivity index (χ2n) is 6.58. The van der Waals surface area contributed by atoms with Crippen molar-refractivity contribution in [2.75, 3.05) is 12.9 Å². The number of rotatable bonds is 8. The lowest BCUT2D eigenvalue weighted by Gasteiger charge is -2.27. The van der Waals surface area contributed by atoms with Crippen molar-refractivity contribution in [2.24, 2.45) is 5.92 Å². The average molecular weight is 388 g/mol. The van der Waals surface area contributed by atoms with Crippen LogP contribution >= 0.6 is 11.8 Å². The molecule has 1 N–H and O–H groups in total. The molecule has 0 fully saturated rings.